The summed E-state index contributed by atoms with van der Waals surface area (Å²) in [6, 6.07) is 5.45. The molecule has 124 valence electrons. The molecule has 0 saturated heterocycles. The van der Waals surface area contributed by atoms with E-state index in [2.05, 4.69) is 10.6 Å². The fourth-order valence-electron chi connectivity index (χ4n) is 2.24. The Morgan fingerprint density at radius 3 is 2.23 bits per heavy atom. The molecule has 0 aromatic heterocycles. The van der Waals surface area contributed by atoms with Crippen LogP contribution in [0, 0.1) is 12.3 Å². The van der Waals surface area contributed by atoms with Crippen molar-refractivity contribution in [1.29, 1.82) is 0 Å². The van der Waals surface area contributed by atoms with Crippen LogP contribution in [0.2, 0.25) is 0 Å². The van der Waals surface area contributed by atoms with Crippen LogP contribution in [0.15, 0.2) is 18.2 Å². The highest BCUT2D eigenvalue weighted by Gasteiger charge is 2.33. The molecule has 0 spiro atoms. The van der Waals surface area contributed by atoms with E-state index in [-0.39, 0.29) is 24.2 Å². The minimum Gasteiger partial charge on any atom is -0.329 e. The lowest BCUT2D eigenvalue weighted by atomic mass is 9.81. The van der Waals surface area contributed by atoms with Gasteiger partial charge in [0.25, 0.3) is 0 Å². The first-order valence-corrected chi connectivity index (χ1v) is 7.28. The van der Waals surface area contributed by atoms with Crippen LogP contribution >= 0.6 is 12.4 Å². The highest BCUT2D eigenvalue weighted by atomic mass is 35.5. The highest BCUT2D eigenvalue weighted by Crippen LogP contribution is 2.28. The molecular weight excluding hydrogens is 302 g/mol. The third kappa shape index (κ3) is 4.71. The van der Waals surface area contributed by atoms with Gasteiger partial charge >= 0.3 is 0 Å². The van der Waals surface area contributed by atoms with E-state index in [9.17, 15) is 9.59 Å². The summed E-state index contributed by atoms with van der Waals surface area (Å²) in [5.41, 5.74) is 7.55. The smallest absolute Gasteiger partial charge is 0.231 e. The van der Waals surface area contributed by atoms with E-state index in [0.29, 0.717) is 30.8 Å². The molecule has 0 heterocycles. The molecule has 0 saturated carbocycles. The Hall–Kier alpha value is -1.59. The van der Waals surface area contributed by atoms with Gasteiger partial charge in [-0.2, -0.15) is 0 Å². The van der Waals surface area contributed by atoms with E-state index >= 15 is 0 Å². The van der Waals surface area contributed by atoms with Gasteiger partial charge in [0.15, 0.2) is 0 Å². The maximum atomic E-state index is 12.5. The fraction of sp³-hybridized carbons (Fsp3) is 0.500. The van der Waals surface area contributed by atoms with Gasteiger partial charge in [-0.05, 0) is 37.5 Å². The zero-order chi connectivity index (χ0) is 16.0. The van der Waals surface area contributed by atoms with E-state index in [4.69, 9.17) is 5.73 Å². The van der Waals surface area contributed by atoms with Crippen molar-refractivity contribution in [3.8, 4) is 0 Å². The summed E-state index contributed by atoms with van der Waals surface area (Å²) >= 11 is 0. The molecule has 1 aromatic carbocycles. The van der Waals surface area contributed by atoms with Crippen LogP contribution in [-0.2, 0) is 9.59 Å². The van der Waals surface area contributed by atoms with Crippen LogP contribution in [0.5, 0.6) is 0 Å². The number of carbonyl (C=O) groups excluding carboxylic acids is 2. The molecule has 0 aliphatic heterocycles. The number of anilines is 2. The third-order valence-electron chi connectivity index (χ3n) is 4.03. The standard InChI is InChI=1S/C16H25N3O2.ClH/c1-5-16(6-2,10-17)15(21)19-13-8-7-11(3)14(9-13)18-12(4)20;/h7-9H,5-6,10,17H2,1-4H3,(H,18,20)(H,19,21);1H. The molecule has 5 nitrogen and oxygen atoms in total. The number of halogens is 1. The Morgan fingerprint density at radius 2 is 1.77 bits per heavy atom. The number of nitrogens with one attached hydrogen (secondary N) is 2. The zero-order valence-corrected chi connectivity index (χ0v) is 14.5. The molecule has 0 unspecified atom stereocenters. The minimum absolute atomic E-state index is 0. The van der Waals surface area contributed by atoms with Crippen LogP contribution in [0.25, 0.3) is 0 Å². The van der Waals surface area contributed by atoms with Crippen molar-refractivity contribution in [2.24, 2.45) is 11.1 Å². The Bertz CT molecular complexity index is 520. The molecule has 0 aliphatic rings. The van der Waals surface area contributed by atoms with E-state index in [1.165, 1.54) is 6.92 Å². The topological polar surface area (TPSA) is 84.2 Å². The molecule has 1 rings (SSSR count). The summed E-state index contributed by atoms with van der Waals surface area (Å²) in [5, 5.41) is 5.66. The van der Waals surface area contributed by atoms with Crippen molar-refractivity contribution in [2.75, 3.05) is 17.2 Å². The SMILES string of the molecule is CCC(CC)(CN)C(=O)Nc1ccc(C)c(NC(C)=O)c1.Cl. The first kappa shape index (κ1) is 20.4. The van der Waals surface area contributed by atoms with Crippen LogP contribution in [0.1, 0.15) is 39.2 Å². The Labute approximate surface area is 138 Å². The normalized spacial score (nSPS) is 10.6. The second-order valence-electron chi connectivity index (χ2n) is 5.36. The van der Waals surface area contributed by atoms with Gasteiger partial charge < -0.3 is 16.4 Å². The Kier molecular flexibility index (Phi) is 8.12. The summed E-state index contributed by atoms with van der Waals surface area (Å²) in [6.45, 7) is 7.61. The quantitative estimate of drug-likeness (QED) is 0.750. The lowest BCUT2D eigenvalue weighted by Gasteiger charge is -2.28. The summed E-state index contributed by atoms with van der Waals surface area (Å²) in [6.07, 6.45) is 1.38. The van der Waals surface area contributed by atoms with Crippen molar-refractivity contribution in [2.45, 2.75) is 40.5 Å². The summed E-state index contributed by atoms with van der Waals surface area (Å²) < 4.78 is 0. The van der Waals surface area contributed by atoms with Gasteiger partial charge in [-0.1, -0.05) is 19.9 Å². The van der Waals surface area contributed by atoms with Crippen molar-refractivity contribution in [1.82, 2.24) is 0 Å². The number of amides is 2. The van der Waals surface area contributed by atoms with E-state index < -0.39 is 5.41 Å². The average molecular weight is 328 g/mol. The maximum Gasteiger partial charge on any atom is 0.231 e. The predicted octanol–water partition coefficient (Wildman–Crippen LogP) is 3.08. The van der Waals surface area contributed by atoms with Gasteiger partial charge in [0, 0.05) is 24.8 Å². The molecule has 0 radical (unpaired) electrons. The molecule has 0 atom stereocenters. The Morgan fingerprint density at radius 1 is 1.18 bits per heavy atom. The molecule has 0 bridgehead atoms. The highest BCUT2D eigenvalue weighted by molar-refractivity contribution is 5.97. The third-order valence-corrected chi connectivity index (χ3v) is 4.03. The summed E-state index contributed by atoms with van der Waals surface area (Å²) in [5.74, 6) is -0.215. The molecule has 22 heavy (non-hydrogen) atoms. The van der Waals surface area contributed by atoms with Gasteiger partial charge in [0.2, 0.25) is 11.8 Å². The second kappa shape index (κ2) is 8.76. The lowest BCUT2D eigenvalue weighted by molar-refractivity contribution is -0.125. The number of nitrogens with two attached hydrogens (primary N) is 1. The summed E-state index contributed by atoms with van der Waals surface area (Å²) in [4.78, 5) is 23.6. The van der Waals surface area contributed by atoms with Gasteiger partial charge in [0.05, 0.1) is 5.41 Å². The van der Waals surface area contributed by atoms with E-state index in [1.807, 2.05) is 32.9 Å². The predicted molar refractivity (Wildman–Crippen MR) is 93.4 cm³/mol. The molecule has 2 amide bonds. The monoisotopic (exact) mass is 327 g/mol. The lowest BCUT2D eigenvalue weighted by Crippen LogP contribution is -2.41. The van der Waals surface area contributed by atoms with Crippen LogP contribution < -0.4 is 16.4 Å². The number of benzene rings is 1. The van der Waals surface area contributed by atoms with Crippen LogP contribution in [-0.4, -0.2) is 18.4 Å². The first-order valence-electron chi connectivity index (χ1n) is 7.28. The largest absolute Gasteiger partial charge is 0.329 e. The van der Waals surface area contributed by atoms with E-state index in [0.717, 1.165) is 5.56 Å². The minimum atomic E-state index is -0.543. The zero-order valence-electron chi connectivity index (χ0n) is 13.7. The van der Waals surface area contributed by atoms with Gasteiger partial charge in [-0.25, -0.2) is 0 Å². The molecule has 1 aromatic rings. The molecule has 6 heteroatoms. The van der Waals surface area contributed by atoms with Crippen molar-refractivity contribution in [3.63, 3.8) is 0 Å². The van der Waals surface area contributed by atoms with Crippen molar-refractivity contribution in [3.05, 3.63) is 23.8 Å². The number of hydrogen-bond donors (Lipinski definition) is 3. The molecule has 0 fully saturated rings. The molecule has 0 aliphatic carbocycles. The summed E-state index contributed by atoms with van der Waals surface area (Å²) in [7, 11) is 0. The molecular formula is C16H26ClN3O2. The fourth-order valence-corrected chi connectivity index (χ4v) is 2.24. The molecule has 4 N–H and O–H groups in total. The number of carbonyl (C=O) groups is 2. The number of hydrogen-bond acceptors (Lipinski definition) is 3. The van der Waals surface area contributed by atoms with Crippen LogP contribution in [0.4, 0.5) is 11.4 Å². The van der Waals surface area contributed by atoms with Gasteiger partial charge in [0.1, 0.15) is 0 Å². The van der Waals surface area contributed by atoms with Gasteiger partial charge in [-0.3, -0.25) is 9.59 Å². The van der Waals surface area contributed by atoms with Gasteiger partial charge in [-0.15, -0.1) is 12.4 Å². The number of rotatable bonds is 6. The first-order chi connectivity index (χ1) is 9.88. The second-order valence-corrected chi connectivity index (χ2v) is 5.36. The maximum absolute atomic E-state index is 12.5. The Balaban J connectivity index is 0.00000441. The van der Waals surface area contributed by atoms with Crippen LogP contribution in [0.3, 0.4) is 0 Å². The average Bonchev–Trinajstić information content (AvgIpc) is 2.44. The number of aryl methyl sites for hydroxylation is 1. The van der Waals surface area contributed by atoms with Crippen molar-refractivity contribution < 1.29 is 9.59 Å². The van der Waals surface area contributed by atoms with E-state index in [1.54, 1.807) is 6.07 Å². The van der Waals surface area contributed by atoms with Crippen molar-refractivity contribution >= 4 is 35.6 Å².